The molecule has 1 aromatic carbocycles. The standard InChI is InChI=1S/C17H19N3OS2.ClH/c1-12-6-4-7-13-15(12)18-17(23-13)20(10-9-19(2)3)16(21)14-8-5-11-22-14;/h4-8,11H,9-10H2,1-3H3;1H. The van der Waals surface area contributed by atoms with Crippen LogP contribution in [-0.2, 0) is 0 Å². The van der Waals surface area contributed by atoms with E-state index >= 15 is 0 Å². The summed E-state index contributed by atoms with van der Waals surface area (Å²) in [7, 11) is 4.02. The average molecular weight is 382 g/mol. The molecule has 0 saturated carbocycles. The van der Waals surface area contributed by atoms with Crippen LogP contribution in [0.2, 0.25) is 0 Å². The van der Waals surface area contributed by atoms with Crippen LogP contribution in [0.25, 0.3) is 10.2 Å². The number of rotatable bonds is 5. The molecule has 0 atom stereocenters. The zero-order chi connectivity index (χ0) is 16.4. The number of thiazole rings is 1. The first-order chi connectivity index (χ1) is 11.1. The predicted molar refractivity (Wildman–Crippen MR) is 106 cm³/mol. The second-order valence-corrected chi connectivity index (χ2v) is 7.61. The fraction of sp³-hybridized carbons (Fsp3) is 0.294. The maximum absolute atomic E-state index is 12.9. The quantitative estimate of drug-likeness (QED) is 0.661. The van der Waals surface area contributed by atoms with Gasteiger partial charge in [0.2, 0.25) is 0 Å². The first-order valence-electron chi connectivity index (χ1n) is 7.42. The first kappa shape index (κ1) is 18.9. The number of thiophene rings is 1. The number of halogens is 1. The van der Waals surface area contributed by atoms with Gasteiger partial charge in [0, 0.05) is 13.1 Å². The summed E-state index contributed by atoms with van der Waals surface area (Å²) in [4.78, 5) is 22.2. The molecule has 0 radical (unpaired) electrons. The molecule has 0 saturated heterocycles. The van der Waals surface area contributed by atoms with E-state index in [1.807, 2.05) is 37.7 Å². The third-order valence-corrected chi connectivity index (χ3v) is 5.49. The molecule has 3 aromatic rings. The zero-order valence-electron chi connectivity index (χ0n) is 13.9. The molecule has 1 amide bonds. The van der Waals surface area contributed by atoms with Gasteiger partial charge in [0.15, 0.2) is 5.13 Å². The normalized spacial score (nSPS) is 10.8. The molecule has 2 heterocycles. The number of hydrogen-bond donors (Lipinski definition) is 0. The minimum Gasteiger partial charge on any atom is -0.308 e. The number of aromatic nitrogens is 1. The summed E-state index contributed by atoms with van der Waals surface area (Å²) in [6.07, 6.45) is 0. The number of anilines is 1. The van der Waals surface area contributed by atoms with Crippen molar-refractivity contribution in [1.29, 1.82) is 0 Å². The predicted octanol–water partition coefficient (Wildman–Crippen LogP) is 4.30. The second kappa shape index (κ2) is 8.07. The van der Waals surface area contributed by atoms with Gasteiger partial charge in [-0.3, -0.25) is 9.69 Å². The topological polar surface area (TPSA) is 36.4 Å². The lowest BCUT2D eigenvalue weighted by atomic mass is 10.2. The Morgan fingerprint density at radius 1 is 1.17 bits per heavy atom. The summed E-state index contributed by atoms with van der Waals surface area (Å²) in [5.74, 6) is 0.0264. The third kappa shape index (κ3) is 3.95. The fourth-order valence-corrected chi connectivity index (χ4v) is 4.05. The molecule has 4 nitrogen and oxygen atoms in total. The summed E-state index contributed by atoms with van der Waals surface area (Å²) < 4.78 is 1.12. The van der Waals surface area contributed by atoms with Crippen LogP contribution in [-0.4, -0.2) is 43.0 Å². The smallest absolute Gasteiger partial charge is 0.270 e. The minimum absolute atomic E-state index is 0. The Morgan fingerprint density at radius 3 is 2.58 bits per heavy atom. The molecule has 0 aliphatic rings. The summed E-state index contributed by atoms with van der Waals surface area (Å²) in [6, 6.07) is 9.92. The van der Waals surface area contributed by atoms with Crippen molar-refractivity contribution in [2.24, 2.45) is 0 Å². The lowest BCUT2D eigenvalue weighted by Crippen LogP contribution is -2.36. The van der Waals surface area contributed by atoms with Crippen LogP contribution in [0.3, 0.4) is 0 Å². The highest BCUT2D eigenvalue weighted by Crippen LogP contribution is 2.31. The zero-order valence-corrected chi connectivity index (χ0v) is 16.3. The number of amides is 1. The van der Waals surface area contributed by atoms with Crippen LogP contribution in [0.1, 0.15) is 15.2 Å². The van der Waals surface area contributed by atoms with E-state index in [1.165, 1.54) is 11.3 Å². The van der Waals surface area contributed by atoms with Crippen LogP contribution in [0.15, 0.2) is 35.7 Å². The molecule has 3 rings (SSSR count). The number of carbonyl (C=O) groups excluding carboxylic acids is 1. The van der Waals surface area contributed by atoms with E-state index in [-0.39, 0.29) is 18.3 Å². The van der Waals surface area contributed by atoms with Crippen molar-refractivity contribution >= 4 is 56.3 Å². The van der Waals surface area contributed by atoms with Gasteiger partial charge in [-0.15, -0.1) is 23.7 Å². The van der Waals surface area contributed by atoms with Gasteiger partial charge in [0.1, 0.15) is 0 Å². The Labute approximate surface area is 156 Å². The van der Waals surface area contributed by atoms with E-state index in [0.717, 1.165) is 32.3 Å². The van der Waals surface area contributed by atoms with Crippen molar-refractivity contribution in [3.63, 3.8) is 0 Å². The Kier molecular flexibility index (Phi) is 6.34. The van der Waals surface area contributed by atoms with Crippen LogP contribution >= 0.6 is 35.1 Å². The van der Waals surface area contributed by atoms with E-state index in [1.54, 1.807) is 16.2 Å². The molecule has 0 unspecified atom stereocenters. The van der Waals surface area contributed by atoms with Crippen molar-refractivity contribution in [3.8, 4) is 0 Å². The highest BCUT2D eigenvalue weighted by atomic mass is 35.5. The van der Waals surface area contributed by atoms with Crippen molar-refractivity contribution in [3.05, 3.63) is 46.2 Å². The van der Waals surface area contributed by atoms with E-state index in [2.05, 4.69) is 24.0 Å². The Morgan fingerprint density at radius 2 is 1.96 bits per heavy atom. The second-order valence-electron chi connectivity index (χ2n) is 5.66. The first-order valence-corrected chi connectivity index (χ1v) is 9.12. The van der Waals surface area contributed by atoms with Crippen LogP contribution in [0.4, 0.5) is 5.13 Å². The molecule has 0 N–H and O–H groups in total. The molecule has 0 aliphatic heterocycles. The molecule has 128 valence electrons. The van der Waals surface area contributed by atoms with E-state index in [9.17, 15) is 4.79 Å². The summed E-state index contributed by atoms with van der Waals surface area (Å²) in [5.41, 5.74) is 2.13. The molecule has 24 heavy (non-hydrogen) atoms. The van der Waals surface area contributed by atoms with E-state index in [4.69, 9.17) is 4.98 Å². The van der Waals surface area contributed by atoms with Gasteiger partial charge in [-0.05, 0) is 44.1 Å². The molecular formula is C17H20ClN3OS2. The van der Waals surface area contributed by atoms with Gasteiger partial charge in [-0.1, -0.05) is 29.5 Å². The van der Waals surface area contributed by atoms with Gasteiger partial charge >= 0.3 is 0 Å². The van der Waals surface area contributed by atoms with Crippen LogP contribution in [0.5, 0.6) is 0 Å². The third-order valence-electron chi connectivity index (χ3n) is 3.59. The lowest BCUT2D eigenvalue weighted by Gasteiger charge is -2.21. The maximum Gasteiger partial charge on any atom is 0.270 e. The number of carbonyl (C=O) groups is 1. The van der Waals surface area contributed by atoms with E-state index < -0.39 is 0 Å². The van der Waals surface area contributed by atoms with Crippen molar-refractivity contribution < 1.29 is 4.79 Å². The summed E-state index contributed by atoms with van der Waals surface area (Å²) in [5, 5.41) is 2.70. The lowest BCUT2D eigenvalue weighted by molar-refractivity contribution is 0.0989. The highest BCUT2D eigenvalue weighted by molar-refractivity contribution is 7.22. The number of fused-ring (bicyclic) bond motifs is 1. The SMILES string of the molecule is Cc1cccc2sc(N(CCN(C)C)C(=O)c3cccs3)nc12.Cl. The minimum atomic E-state index is 0. The van der Waals surface area contributed by atoms with Crippen molar-refractivity contribution in [2.75, 3.05) is 32.1 Å². The monoisotopic (exact) mass is 381 g/mol. The Bertz CT molecular complexity index is 814. The molecule has 0 bridgehead atoms. The summed E-state index contributed by atoms with van der Waals surface area (Å²) >= 11 is 3.05. The maximum atomic E-state index is 12.9. The number of hydrogen-bond acceptors (Lipinski definition) is 5. The molecule has 7 heteroatoms. The average Bonchev–Trinajstić information content (AvgIpc) is 3.16. The van der Waals surface area contributed by atoms with Crippen LogP contribution in [0, 0.1) is 6.92 Å². The Balaban J connectivity index is 0.00000208. The molecule has 0 aliphatic carbocycles. The number of benzene rings is 1. The van der Waals surface area contributed by atoms with E-state index in [0.29, 0.717) is 6.54 Å². The van der Waals surface area contributed by atoms with Crippen molar-refractivity contribution in [2.45, 2.75) is 6.92 Å². The van der Waals surface area contributed by atoms with Gasteiger partial charge in [0.25, 0.3) is 5.91 Å². The Hall–Kier alpha value is -1.47. The number of nitrogens with zero attached hydrogens (tertiary/aromatic N) is 3. The number of aryl methyl sites for hydroxylation is 1. The van der Waals surface area contributed by atoms with Crippen LogP contribution < -0.4 is 4.90 Å². The molecular weight excluding hydrogens is 362 g/mol. The van der Waals surface area contributed by atoms with Gasteiger partial charge in [-0.25, -0.2) is 4.98 Å². The number of para-hydroxylation sites is 1. The van der Waals surface area contributed by atoms with Crippen molar-refractivity contribution in [1.82, 2.24) is 9.88 Å². The van der Waals surface area contributed by atoms with Gasteiger partial charge < -0.3 is 4.90 Å². The number of likely N-dealkylation sites (N-methyl/N-ethyl adjacent to an activating group) is 1. The van der Waals surface area contributed by atoms with Gasteiger partial charge in [-0.2, -0.15) is 0 Å². The highest BCUT2D eigenvalue weighted by Gasteiger charge is 2.22. The fourth-order valence-electron chi connectivity index (χ4n) is 2.31. The summed E-state index contributed by atoms with van der Waals surface area (Å²) in [6.45, 7) is 3.48. The molecule has 0 fully saturated rings. The van der Waals surface area contributed by atoms with Gasteiger partial charge in [0.05, 0.1) is 15.1 Å². The largest absolute Gasteiger partial charge is 0.308 e. The molecule has 2 aromatic heterocycles. The molecule has 0 spiro atoms.